The normalized spacial score (nSPS) is 22.5. The van der Waals surface area contributed by atoms with Crippen LogP contribution in [0.2, 0.25) is 0 Å². The van der Waals surface area contributed by atoms with Crippen LogP contribution < -0.4 is 0 Å². The van der Waals surface area contributed by atoms with Crippen molar-refractivity contribution in [3.8, 4) is 20.9 Å². The summed E-state index contributed by atoms with van der Waals surface area (Å²) in [7, 11) is -6.58. The molecule has 4 fully saturated rings. The van der Waals surface area contributed by atoms with Gasteiger partial charge in [-0.1, -0.05) is 19.1 Å². The molecule has 4 aromatic rings. The van der Waals surface area contributed by atoms with Crippen LogP contribution in [0.1, 0.15) is 92.9 Å². The Bertz CT molecular complexity index is 2450. The van der Waals surface area contributed by atoms with Gasteiger partial charge in [0.25, 0.3) is 11.8 Å². The number of nitrogens with zero attached hydrogens (tertiary/aromatic N) is 4. The lowest BCUT2D eigenvalue weighted by molar-refractivity contribution is 0.0684. The van der Waals surface area contributed by atoms with Gasteiger partial charge in [-0.2, -0.15) is 0 Å². The van der Waals surface area contributed by atoms with Crippen LogP contribution in [0.15, 0.2) is 69.1 Å². The van der Waals surface area contributed by atoms with Crippen LogP contribution in [0.4, 0.5) is 8.78 Å². The Morgan fingerprint density at radius 2 is 1.05 bits per heavy atom. The standard InChI is InChI=1S/C23H29FN2O3S2.C22H27FN2O3S2/c1-3-31(28,29)22-11-10-21(30-22)17-8-9-19(20(24)14-17)23(27)26-13-5-7-18(26)15-25-12-4-6-16(25)2;1-15-5-3-11-24(15)14-17-6-4-12-25(17)22(26)18-8-7-16(13-19(18)23)20-9-10-21(29-20)30(2,27)28/h8-11,14,16,18H,3-7,12-13,15H2,1-2H3;7-10,13,15,17H,3-6,11-12,14H2,1-2H3/t16-,18+;15-,17+/m11/s1. The fourth-order valence-corrected chi connectivity index (χ4v) is 13.5. The molecule has 4 atom stereocenters. The molecule has 2 aromatic carbocycles. The van der Waals surface area contributed by atoms with E-state index in [0.29, 0.717) is 46.1 Å². The van der Waals surface area contributed by atoms with Crippen LogP contribution in [-0.4, -0.2) is 124 Å². The summed E-state index contributed by atoms with van der Waals surface area (Å²) in [6.45, 7) is 11.2. The minimum atomic E-state index is -3.29. The van der Waals surface area contributed by atoms with E-state index < -0.39 is 31.3 Å². The number of sulfone groups is 2. The summed E-state index contributed by atoms with van der Waals surface area (Å²) in [5.74, 6) is -1.60. The second-order valence-corrected chi connectivity index (χ2v) is 23.8. The van der Waals surface area contributed by atoms with Crippen LogP contribution in [0.3, 0.4) is 0 Å². The van der Waals surface area contributed by atoms with Gasteiger partial charge in [0.2, 0.25) is 0 Å². The quantitative estimate of drug-likeness (QED) is 0.147. The van der Waals surface area contributed by atoms with Gasteiger partial charge in [-0.25, -0.2) is 25.6 Å². The average Bonchev–Trinajstić information content (AvgIpc) is 4.08. The first-order valence-electron chi connectivity index (χ1n) is 21.4. The Labute approximate surface area is 367 Å². The maximum Gasteiger partial charge on any atom is 0.257 e. The molecule has 4 aliphatic heterocycles. The van der Waals surface area contributed by atoms with E-state index in [2.05, 4.69) is 23.6 Å². The summed E-state index contributed by atoms with van der Waals surface area (Å²) in [6, 6.07) is 16.9. The van der Waals surface area contributed by atoms with E-state index in [-0.39, 0.29) is 49.2 Å². The maximum absolute atomic E-state index is 15.0. The largest absolute Gasteiger partial charge is 0.334 e. The van der Waals surface area contributed by atoms with Gasteiger partial charge in [-0.15, -0.1) is 22.7 Å². The Hall–Kier alpha value is -3.54. The van der Waals surface area contributed by atoms with Gasteiger partial charge in [0.15, 0.2) is 19.7 Å². The van der Waals surface area contributed by atoms with E-state index in [4.69, 9.17) is 0 Å². The number of halogens is 2. The van der Waals surface area contributed by atoms with E-state index in [0.717, 1.165) is 80.8 Å². The number of carbonyl (C=O) groups is 2. The number of benzene rings is 2. The van der Waals surface area contributed by atoms with Crippen molar-refractivity contribution in [3.63, 3.8) is 0 Å². The highest BCUT2D eigenvalue weighted by Crippen LogP contribution is 2.35. The second kappa shape index (κ2) is 19.1. The smallest absolute Gasteiger partial charge is 0.257 e. The molecule has 0 unspecified atom stereocenters. The lowest BCUT2D eigenvalue weighted by atomic mass is 10.1. The maximum atomic E-state index is 15.0. The van der Waals surface area contributed by atoms with Crippen molar-refractivity contribution in [1.29, 1.82) is 0 Å². The number of thiophene rings is 2. The molecule has 4 saturated heterocycles. The van der Waals surface area contributed by atoms with Gasteiger partial charge in [0.1, 0.15) is 20.1 Å². The lowest BCUT2D eigenvalue weighted by Crippen LogP contribution is -2.44. The number of hydrogen-bond acceptors (Lipinski definition) is 10. The number of hydrogen-bond donors (Lipinski definition) is 0. The first-order valence-corrected chi connectivity index (χ1v) is 26.5. The molecular weight excluding hydrogens is 859 g/mol. The van der Waals surface area contributed by atoms with Gasteiger partial charge >= 0.3 is 0 Å². The molecule has 0 spiro atoms. The molecule has 2 aromatic heterocycles. The third kappa shape index (κ3) is 10.3. The van der Waals surface area contributed by atoms with Crippen LogP contribution in [-0.2, 0) is 19.7 Å². The molecule has 16 heteroatoms. The second-order valence-electron chi connectivity index (χ2n) is 16.9. The van der Waals surface area contributed by atoms with E-state index in [9.17, 15) is 35.2 Å². The van der Waals surface area contributed by atoms with Crippen molar-refractivity contribution in [2.24, 2.45) is 0 Å². The predicted octanol–water partition coefficient (Wildman–Crippen LogP) is 8.48. The molecule has 10 nitrogen and oxygen atoms in total. The highest BCUT2D eigenvalue weighted by atomic mass is 32.2. The average molecular weight is 915 g/mol. The third-order valence-corrected chi connectivity index (χ3v) is 19.1. The SMILES string of the molecule is CCS(=O)(=O)c1ccc(-c2ccc(C(=O)N3CCC[C@H]3CN3CCC[C@H]3C)c(F)c2)s1.C[C@@H]1CCCN1C[C@@H]1CCCN1C(=O)c1ccc(-c2ccc(S(C)(=O)=O)s2)cc1F. The van der Waals surface area contributed by atoms with E-state index in [1.807, 2.05) is 9.80 Å². The Morgan fingerprint density at radius 3 is 1.43 bits per heavy atom. The fourth-order valence-electron chi connectivity index (χ4n) is 9.11. The molecule has 6 heterocycles. The van der Waals surface area contributed by atoms with E-state index in [1.165, 1.54) is 56.0 Å². The zero-order valence-corrected chi connectivity index (χ0v) is 38.6. The van der Waals surface area contributed by atoms with Crippen molar-refractivity contribution in [2.75, 3.05) is 51.3 Å². The highest BCUT2D eigenvalue weighted by molar-refractivity contribution is 7.93. The molecule has 8 rings (SSSR count). The molecule has 61 heavy (non-hydrogen) atoms. The number of carbonyl (C=O) groups excluding carboxylic acids is 2. The van der Waals surface area contributed by atoms with Crippen molar-refractivity contribution < 1.29 is 35.2 Å². The topological polar surface area (TPSA) is 115 Å². The van der Waals surface area contributed by atoms with Gasteiger partial charge in [0, 0.05) is 66.4 Å². The molecule has 0 N–H and O–H groups in total. The first kappa shape index (κ1) is 45.5. The Balaban J connectivity index is 0.000000184. The van der Waals surface area contributed by atoms with Gasteiger partial charge < -0.3 is 9.80 Å². The van der Waals surface area contributed by atoms with Crippen molar-refractivity contribution >= 4 is 54.2 Å². The lowest BCUT2D eigenvalue weighted by Gasteiger charge is -2.31. The van der Waals surface area contributed by atoms with Gasteiger partial charge in [0.05, 0.1) is 16.9 Å². The molecule has 330 valence electrons. The first-order chi connectivity index (χ1) is 29.0. The highest BCUT2D eigenvalue weighted by Gasteiger charge is 2.35. The summed E-state index contributed by atoms with van der Waals surface area (Å²) < 4.78 is 77.9. The van der Waals surface area contributed by atoms with Gasteiger partial charge in [-0.3, -0.25) is 19.4 Å². The zero-order valence-electron chi connectivity index (χ0n) is 35.3. The minimum absolute atomic E-state index is 0.0297. The van der Waals surface area contributed by atoms with Crippen LogP contribution in [0, 0.1) is 11.6 Å². The van der Waals surface area contributed by atoms with Crippen LogP contribution in [0.25, 0.3) is 20.9 Å². The van der Waals surface area contributed by atoms with Crippen molar-refractivity contribution in [1.82, 2.24) is 19.6 Å². The third-order valence-electron chi connectivity index (χ3n) is 12.7. The Morgan fingerprint density at radius 1 is 0.623 bits per heavy atom. The predicted molar refractivity (Wildman–Crippen MR) is 239 cm³/mol. The van der Waals surface area contributed by atoms with E-state index >= 15 is 0 Å². The molecular formula is C45H56F2N4O6S4. The summed E-state index contributed by atoms with van der Waals surface area (Å²) >= 11 is 2.23. The number of likely N-dealkylation sites (tertiary alicyclic amines) is 4. The molecule has 4 aliphatic rings. The summed E-state index contributed by atoms with van der Waals surface area (Å²) in [5.41, 5.74) is 1.33. The number of amides is 2. The van der Waals surface area contributed by atoms with Gasteiger partial charge in [-0.05, 0) is 138 Å². The number of rotatable bonds is 11. The zero-order chi connectivity index (χ0) is 43.6. The molecule has 0 radical (unpaired) electrons. The molecule has 2 amide bonds. The van der Waals surface area contributed by atoms with Crippen molar-refractivity contribution in [2.45, 2.75) is 105 Å². The van der Waals surface area contributed by atoms with Crippen LogP contribution in [0.5, 0.6) is 0 Å². The summed E-state index contributed by atoms with van der Waals surface area (Å²) in [6.07, 6.45) is 9.74. The fraction of sp³-hybridized carbons (Fsp3) is 0.511. The Kier molecular flexibility index (Phi) is 14.2. The summed E-state index contributed by atoms with van der Waals surface area (Å²) in [5, 5.41) is 0. The minimum Gasteiger partial charge on any atom is -0.334 e. The van der Waals surface area contributed by atoms with E-state index in [1.54, 1.807) is 37.3 Å². The van der Waals surface area contributed by atoms with Crippen molar-refractivity contribution in [3.05, 3.63) is 83.4 Å². The molecule has 0 saturated carbocycles. The summed E-state index contributed by atoms with van der Waals surface area (Å²) in [4.78, 5) is 36.1. The van der Waals surface area contributed by atoms with Crippen LogP contribution >= 0.6 is 22.7 Å². The molecule has 0 aliphatic carbocycles. The monoisotopic (exact) mass is 914 g/mol. The molecule has 0 bridgehead atoms.